The third-order valence-electron chi connectivity index (χ3n) is 4.43. The normalized spacial score (nSPS) is 23.2. The van der Waals surface area contributed by atoms with Gasteiger partial charge in [0.1, 0.15) is 0 Å². The van der Waals surface area contributed by atoms with Gasteiger partial charge < -0.3 is 5.73 Å². The van der Waals surface area contributed by atoms with Crippen LogP contribution in [-0.4, -0.2) is 30.1 Å². The fourth-order valence-electron chi connectivity index (χ4n) is 3.37. The van der Waals surface area contributed by atoms with Gasteiger partial charge in [-0.3, -0.25) is 4.90 Å². The Morgan fingerprint density at radius 3 is 2.61 bits per heavy atom. The molecule has 0 aromatic heterocycles. The highest BCUT2D eigenvalue weighted by Crippen LogP contribution is 2.24. The fourth-order valence-corrected chi connectivity index (χ4v) is 3.37. The van der Waals surface area contributed by atoms with Gasteiger partial charge in [0, 0.05) is 18.6 Å². The molecule has 0 amide bonds. The minimum absolute atomic E-state index is 0.652. The molecule has 0 aromatic rings. The molecule has 2 N–H and O–H groups in total. The van der Waals surface area contributed by atoms with E-state index >= 15 is 0 Å². The number of nitrogens with zero attached hydrogens (tertiary/aromatic N) is 1. The highest BCUT2D eigenvalue weighted by Gasteiger charge is 2.26. The van der Waals surface area contributed by atoms with Crippen LogP contribution in [0.4, 0.5) is 0 Å². The summed E-state index contributed by atoms with van der Waals surface area (Å²) in [6.07, 6.45) is 13.7. The predicted molar refractivity (Wildman–Crippen MR) is 80.9 cm³/mol. The van der Waals surface area contributed by atoms with Gasteiger partial charge in [0.25, 0.3) is 0 Å². The monoisotopic (exact) mass is 254 g/mol. The zero-order chi connectivity index (χ0) is 13.2. The summed E-state index contributed by atoms with van der Waals surface area (Å²) in [6, 6.07) is 1.47. The quantitative estimate of drug-likeness (QED) is 0.632. The van der Waals surface area contributed by atoms with Crippen LogP contribution in [0.25, 0.3) is 0 Å². The molecule has 0 saturated carbocycles. The van der Waals surface area contributed by atoms with E-state index in [2.05, 4.69) is 18.7 Å². The number of hydrogen-bond acceptors (Lipinski definition) is 2. The van der Waals surface area contributed by atoms with Crippen molar-refractivity contribution in [2.24, 2.45) is 5.73 Å². The Morgan fingerprint density at radius 2 is 1.94 bits per heavy atom. The van der Waals surface area contributed by atoms with Gasteiger partial charge in [-0.15, -0.1) is 0 Å². The Hall–Kier alpha value is -0.0800. The summed E-state index contributed by atoms with van der Waals surface area (Å²) in [5.41, 5.74) is 6.04. The summed E-state index contributed by atoms with van der Waals surface area (Å²) < 4.78 is 0. The van der Waals surface area contributed by atoms with Crippen LogP contribution in [0.2, 0.25) is 0 Å². The van der Waals surface area contributed by atoms with Crippen LogP contribution in [-0.2, 0) is 0 Å². The van der Waals surface area contributed by atoms with E-state index in [0.717, 1.165) is 12.6 Å². The molecule has 2 nitrogen and oxygen atoms in total. The molecule has 1 rings (SSSR count). The van der Waals surface area contributed by atoms with Crippen molar-refractivity contribution in [3.63, 3.8) is 0 Å². The third kappa shape index (κ3) is 5.27. The van der Waals surface area contributed by atoms with Crippen molar-refractivity contribution < 1.29 is 0 Å². The molecule has 2 atom stereocenters. The van der Waals surface area contributed by atoms with Crippen LogP contribution < -0.4 is 5.73 Å². The summed E-state index contributed by atoms with van der Waals surface area (Å²) >= 11 is 0. The number of piperidine rings is 1. The van der Waals surface area contributed by atoms with Gasteiger partial charge in [-0.2, -0.15) is 0 Å². The average Bonchev–Trinajstić information content (AvgIpc) is 2.41. The lowest BCUT2D eigenvalue weighted by molar-refractivity contribution is 0.0854. The number of likely N-dealkylation sites (tertiary alicyclic amines) is 1. The molecule has 0 spiro atoms. The first-order valence-corrected chi connectivity index (χ1v) is 8.29. The van der Waals surface area contributed by atoms with E-state index in [1.165, 1.54) is 70.8 Å². The molecule has 18 heavy (non-hydrogen) atoms. The van der Waals surface area contributed by atoms with Crippen LogP contribution in [0.3, 0.4) is 0 Å². The second-order valence-corrected chi connectivity index (χ2v) is 5.91. The molecule has 0 bridgehead atoms. The third-order valence-corrected chi connectivity index (χ3v) is 4.43. The second-order valence-electron chi connectivity index (χ2n) is 5.91. The van der Waals surface area contributed by atoms with E-state index in [-0.39, 0.29) is 0 Å². The summed E-state index contributed by atoms with van der Waals surface area (Å²) in [5, 5.41) is 0. The van der Waals surface area contributed by atoms with Gasteiger partial charge in [-0.25, -0.2) is 0 Å². The Labute approximate surface area is 114 Å². The zero-order valence-electron chi connectivity index (χ0n) is 12.7. The van der Waals surface area contributed by atoms with Gasteiger partial charge in [-0.05, 0) is 32.2 Å². The molecule has 1 fully saturated rings. The van der Waals surface area contributed by atoms with Gasteiger partial charge >= 0.3 is 0 Å². The highest BCUT2D eigenvalue weighted by atomic mass is 15.2. The molecule has 2 unspecified atom stereocenters. The minimum Gasteiger partial charge on any atom is -0.329 e. The second kappa shape index (κ2) is 9.80. The molecule has 1 aliphatic heterocycles. The lowest BCUT2D eigenvalue weighted by Crippen LogP contribution is -2.49. The molecule has 2 heteroatoms. The number of hydrogen-bond donors (Lipinski definition) is 1. The first-order chi connectivity index (χ1) is 8.83. The van der Waals surface area contributed by atoms with Crippen LogP contribution in [0, 0.1) is 0 Å². The van der Waals surface area contributed by atoms with E-state index < -0.39 is 0 Å². The Morgan fingerprint density at radius 1 is 1.11 bits per heavy atom. The molecule has 1 saturated heterocycles. The molecular formula is C16H34N2. The molecular weight excluding hydrogens is 220 g/mol. The topological polar surface area (TPSA) is 29.3 Å². The van der Waals surface area contributed by atoms with E-state index in [9.17, 15) is 0 Å². The molecule has 0 aromatic carbocycles. The Bertz CT molecular complexity index is 192. The smallest absolute Gasteiger partial charge is 0.0221 e. The lowest BCUT2D eigenvalue weighted by atomic mass is 9.94. The predicted octanol–water partition coefficient (Wildman–Crippen LogP) is 3.94. The molecule has 1 heterocycles. The van der Waals surface area contributed by atoms with E-state index in [0.29, 0.717) is 6.04 Å². The molecule has 1 aliphatic rings. The summed E-state index contributed by atoms with van der Waals surface area (Å²) in [7, 11) is 0. The largest absolute Gasteiger partial charge is 0.329 e. The lowest BCUT2D eigenvalue weighted by Gasteiger charge is -2.41. The van der Waals surface area contributed by atoms with Crippen LogP contribution >= 0.6 is 0 Å². The van der Waals surface area contributed by atoms with Crippen molar-refractivity contribution in [1.82, 2.24) is 4.90 Å². The van der Waals surface area contributed by atoms with E-state index in [1.807, 2.05) is 0 Å². The van der Waals surface area contributed by atoms with Crippen molar-refractivity contribution in [2.75, 3.05) is 13.1 Å². The molecule has 108 valence electrons. The Kier molecular flexibility index (Phi) is 8.70. The summed E-state index contributed by atoms with van der Waals surface area (Å²) in [5.74, 6) is 0. The van der Waals surface area contributed by atoms with Crippen LogP contribution in [0.15, 0.2) is 0 Å². The molecule has 0 aliphatic carbocycles. The van der Waals surface area contributed by atoms with Crippen molar-refractivity contribution in [3.05, 3.63) is 0 Å². The number of rotatable bonds is 9. The van der Waals surface area contributed by atoms with E-state index in [4.69, 9.17) is 5.73 Å². The average molecular weight is 254 g/mol. The number of nitrogens with two attached hydrogens (primary N) is 1. The van der Waals surface area contributed by atoms with Gasteiger partial charge in [0.2, 0.25) is 0 Å². The zero-order valence-corrected chi connectivity index (χ0v) is 12.7. The van der Waals surface area contributed by atoms with Crippen molar-refractivity contribution in [3.8, 4) is 0 Å². The first-order valence-electron chi connectivity index (χ1n) is 8.29. The first kappa shape index (κ1) is 16.0. The summed E-state index contributed by atoms with van der Waals surface area (Å²) in [6.45, 7) is 6.74. The SMILES string of the molecule is CCCCCCC(CN)N1CCCCC1CCC. The highest BCUT2D eigenvalue weighted by molar-refractivity contribution is 4.83. The maximum absolute atomic E-state index is 6.04. The number of unbranched alkanes of at least 4 members (excludes halogenated alkanes) is 3. The van der Waals surface area contributed by atoms with Crippen molar-refractivity contribution in [1.29, 1.82) is 0 Å². The van der Waals surface area contributed by atoms with E-state index in [1.54, 1.807) is 0 Å². The van der Waals surface area contributed by atoms with Gasteiger partial charge in [-0.1, -0.05) is 52.4 Å². The minimum atomic E-state index is 0.652. The standard InChI is InChI=1S/C16H34N2/c1-3-5-6-7-12-16(14-17)18-13-9-8-11-15(18)10-4-2/h15-16H,3-14,17H2,1-2H3. The molecule has 0 radical (unpaired) electrons. The van der Waals surface area contributed by atoms with Crippen LogP contribution in [0.5, 0.6) is 0 Å². The van der Waals surface area contributed by atoms with Gasteiger partial charge in [0.15, 0.2) is 0 Å². The fraction of sp³-hybridized carbons (Fsp3) is 1.00. The van der Waals surface area contributed by atoms with Crippen molar-refractivity contribution >= 4 is 0 Å². The van der Waals surface area contributed by atoms with Crippen molar-refractivity contribution in [2.45, 2.75) is 90.1 Å². The van der Waals surface area contributed by atoms with Gasteiger partial charge in [0.05, 0.1) is 0 Å². The Balaban J connectivity index is 2.39. The maximum atomic E-state index is 6.04. The summed E-state index contributed by atoms with van der Waals surface area (Å²) in [4.78, 5) is 2.75. The van der Waals surface area contributed by atoms with Crippen LogP contribution in [0.1, 0.15) is 78.1 Å². The maximum Gasteiger partial charge on any atom is 0.0221 e.